The molecule has 1 aliphatic rings. The van der Waals surface area contributed by atoms with Gasteiger partial charge in [0.1, 0.15) is 11.5 Å². The number of phenols is 1. The summed E-state index contributed by atoms with van der Waals surface area (Å²) < 4.78 is 5.04. The van der Waals surface area contributed by atoms with Crippen molar-refractivity contribution in [3.8, 4) is 11.5 Å². The van der Waals surface area contributed by atoms with Gasteiger partial charge in [0, 0.05) is 6.07 Å². The van der Waals surface area contributed by atoms with E-state index < -0.39 is 5.54 Å². The predicted molar refractivity (Wildman–Crippen MR) is 68.6 cm³/mol. The van der Waals surface area contributed by atoms with Gasteiger partial charge in [-0.1, -0.05) is 0 Å². The number of ether oxygens (including phenoxy) is 1. The van der Waals surface area contributed by atoms with Gasteiger partial charge in [0.15, 0.2) is 0 Å². The van der Waals surface area contributed by atoms with Gasteiger partial charge < -0.3 is 20.9 Å². The highest BCUT2D eigenvalue weighted by Gasteiger charge is 2.44. The normalized spacial score (nSPS) is 17.9. The minimum Gasteiger partial charge on any atom is -0.506 e. The fourth-order valence-electron chi connectivity index (χ4n) is 1.87. The monoisotopic (exact) mass is 250 g/mol. The van der Waals surface area contributed by atoms with Crippen LogP contribution >= 0.6 is 0 Å². The van der Waals surface area contributed by atoms with Crippen molar-refractivity contribution in [2.24, 2.45) is 11.7 Å². The molecule has 18 heavy (non-hydrogen) atoms. The summed E-state index contributed by atoms with van der Waals surface area (Å²) in [4.78, 5) is 12.1. The van der Waals surface area contributed by atoms with E-state index in [1.54, 1.807) is 19.1 Å². The first-order valence-electron chi connectivity index (χ1n) is 5.92. The second-order valence-corrected chi connectivity index (χ2v) is 4.89. The van der Waals surface area contributed by atoms with E-state index >= 15 is 0 Å². The number of benzene rings is 1. The molecule has 0 radical (unpaired) electrons. The Morgan fingerprint density at radius 3 is 2.78 bits per heavy atom. The van der Waals surface area contributed by atoms with Crippen molar-refractivity contribution >= 4 is 11.6 Å². The van der Waals surface area contributed by atoms with E-state index in [0.29, 0.717) is 11.4 Å². The van der Waals surface area contributed by atoms with E-state index in [0.717, 1.165) is 12.8 Å². The Morgan fingerprint density at radius 2 is 2.22 bits per heavy atom. The molecule has 0 spiro atoms. The average molecular weight is 250 g/mol. The van der Waals surface area contributed by atoms with Crippen LogP contribution in [0.2, 0.25) is 0 Å². The van der Waals surface area contributed by atoms with Gasteiger partial charge in [-0.15, -0.1) is 0 Å². The van der Waals surface area contributed by atoms with E-state index in [4.69, 9.17) is 10.5 Å². The highest BCUT2D eigenvalue weighted by molar-refractivity contribution is 5.99. The van der Waals surface area contributed by atoms with Gasteiger partial charge in [0.2, 0.25) is 5.91 Å². The molecule has 0 aliphatic heterocycles. The second kappa shape index (κ2) is 4.49. The SMILES string of the molecule is COc1ccc(O)c(NC(=O)C(C)(N)C2CC2)c1. The van der Waals surface area contributed by atoms with Crippen molar-refractivity contribution < 1.29 is 14.6 Å². The maximum atomic E-state index is 12.1. The summed E-state index contributed by atoms with van der Waals surface area (Å²) in [6.07, 6.45) is 1.95. The molecular formula is C13H18N2O3. The van der Waals surface area contributed by atoms with Crippen molar-refractivity contribution in [3.63, 3.8) is 0 Å². The van der Waals surface area contributed by atoms with Gasteiger partial charge in [-0.05, 0) is 37.8 Å². The summed E-state index contributed by atoms with van der Waals surface area (Å²) >= 11 is 0. The Bertz CT molecular complexity index is 467. The smallest absolute Gasteiger partial charge is 0.244 e. The van der Waals surface area contributed by atoms with Crippen LogP contribution in [0.4, 0.5) is 5.69 Å². The number of rotatable bonds is 4. The highest BCUT2D eigenvalue weighted by atomic mass is 16.5. The summed E-state index contributed by atoms with van der Waals surface area (Å²) in [5, 5.41) is 12.3. The first-order valence-corrected chi connectivity index (χ1v) is 5.92. The number of nitrogens with two attached hydrogens (primary N) is 1. The van der Waals surface area contributed by atoms with Crippen molar-refractivity contribution in [2.75, 3.05) is 12.4 Å². The first-order chi connectivity index (χ1) is 8.45. The van der Waals surface area contributed by atoms with Crippen LogP contribution in [0.3, 0.4) is 0 Å². The van der Waals surface area contributed by atoms with Crippen LogP contribution in [0.15, 0.2) is 18.2 Å². The maximum Gasteiger partial charge on any atom is 0.244 e. The lowest BCUT2D eigenvalue weighted by Gasteiger charge is -2.23. The Morgan fingerprint density at radius 1 is 1.56 bits per heavy atom. The van der Waals surface area contributed by atoms with Crippen molar-refractivity contribution in [1.29, 1.82) is 0 Å². The van der Waals surface area contributed by atoms with Crippen LogP contribution in [0, 0.1) is 5.92 Å². The van der Waals surface area contributed by atoms with E-state index in [9.17, 15) is 9.90 Å². The fraction of sp³-hybridized carbons (Fsp3) is 0.462. The van der Waals surface area contributed by atoms with E-state index in [-0.39, 0.29) is 17.6 Å². The van der Waals surface area contributed by atoms with Crippen LogP contribution in [0.25, 0.3) is 0 Å². The number of carbonyl (C=O) groups is 1. The molecule has 0 aromatic heterocycles. The van der Waals surface area contributed by atoms with Crippen LogP contribution in [0.5, 0.6) is 11.5 Å². The van der Waals surface area contributed by atoms with Gasteiger partial charge in [0.05, 0.1) is 18.3 Å². The molecule has 98 valence electrons. The number of methoxy groups -OCH3 is 1. The zero-order valence-electron chi connectivity index (χ0n) is 10.6. The molecule has 1 unspecified atom stereocenters. The third kappa shape index (κ3) is 2.41. The molecule has 1 aliphatic carbocycles. The quantitative estimate of drug-likeness (QED) is 0.706. The van der Waals surface area contributed by atoms with E-state index in [2.05, 4.69) is 5.32 Å². The lowest BCUT2D eigenvalue weighted by molar-refractivity contribution is -0.121. The summed E-state index contributed by atoms with van der Waals surface area (Å²) in [5.41, 5.74) is 5.43. The maximum absolute atomic E-state index is 12.1. The molecule has 1 fully saturated rings. The van der Waals surface area contributed by atoms with Crippen molar-refractivity contribution in [3.05, 3.63) is 18.2 Å². The second-order valence-electron chi connectivity index (χ2n) is 4.89. The molecule has 0 heterocycles. The van der Waals surface area contributed by atoms with Crippen LogP contribution in [0.1, 0.15) is 19.8 Å². The molecule has 1 saturated carbocycles. The number of aromatic hydroxyl groups is 1. The van der Waals surface area contributed by atoms with Crippen LogP contribution in [-0.4, -0.2) is 23.7 Å². The summed E-state index contributed by atoms with van der Waals surface area (Å²) in [7, 11) is 1.52. The molecule has 2 rings (SSSR count). The number of hydrogen-bond acceptors (Lipinski definition) is 4. The molecule has 1 aromatic rings. The Kier molecular flexibility index (Phi) is 3.17. The molecule has 5 heteroatoms. The van der Waals surface area contributed by atoms with Gasteiger partial charge in [-0.3, -0.25) is 4.79 Å². The molecule has 1 amide bonds. The Balaban J connectivity index is 2.15. The van der Waals surface area contributed by atoms with Crippen molar-refractivity contribution in [2.45, 2.75) is 25.3 Å². The van der Waals surface area contributed by atoms with Gasteiger partial charge in [-0.2, -0.15) is 0 Å². The average Bonchev–Trinajstić information content (AvgIpc) is 3.16. The largest absolute Gasteiger partial charge is 0.506 e. The fourth-order valence-corrected chi connectivity index (χ4v) is 1.87. The summed E-state index contributed by atoms with van der Waals surface area (Å²) in [6, 6.07) is 4.66. The van der Waals surface area contributed by atoms with Gasteiger partial charge >= 0.3 is 0 Å². The summed E-state index contributed by atoms with van der Waals surface area (Å²) in [5.74, 6) is 0.503. The van der Waals surface area contributed by atoms with Gasteiger partial charge in [-0.25, -0.2) is 0 Å². The zero-order valence-corrected chi connectivity index (χ0v) is 10.6. The predicted octanol–water partition coefficient (Wildman–Crippen LogP) is 1.47. The zero-order chi connectivity index (χ0) is 13.3. The highest BCUT2D eigenvalue weighted by Crippen LogP contribution is 2.39. The van der Waals surface area contributed by atoms with Crippen molar-refractivity contribution in [1.82, 2.24) is 0 Å². The lowest BCUT2D eigenvalue weighted by Crippen LogP contribution is -2.50. The molecule has 1 aromatic carbocycles. The number of phenolic OH excluding ortho intramolecular Hbond substituents is 1. The molecule has 0 saturated heterocycles. The number of nitrogens with one attached hydrogen (secondary N) is 1. The number of carbonyl (C=O) groups excluding carboxylic acids is 1. The summed E-state index contributed by atoms with van der Waals surface area (Å²) in [6.45, 7) is 1.72. The Labute approximate surface area is 106 Å². The number of hydrogen-bond donors (Lipinski definition) is 3. The third-order valence-electron chi connectivity index (χ3n) is 3.37. The first kappa shape index (κ1) is 12.7. The molecule has 1 atom stereocenters. The molecule has 4 N–H and O–H groups in total. The molecule has 5 nitrogen and oxygen atoms in total. The minimum atomic E-state index is -0.893. The van der Waals surface area contributed by atoms with E-state index in [1.807, 2.05) is 0 Å². The van der Waals surface area contributed by atoms with Crippen LogP contribution < -0.4 is 15.8 Å². The molecular weight excluding hydrogens is 232 g/mol. The van der Waals surface area contributed by atoms with Gasteiger partial charge in [0.25, 0.3) is 0 Å². The topological polar surface area (TPSA) is 84.6 Å². The third-order valence-corrected chi connectivity index (χ3v) is 3.37. The number of amides is 1. The van der Waals surface area contributed by atoms with Crippen LogP contribution in [-0.2, 0) is 4.79 Å². The van der Waals surface area contributed by atoms with E-state index in [1.165, 1.54) is 13.2 Å². The number of anilines is 1. The Hall–Kier alpha value is -1.75. The molecule has 0 bridgehead atoms. The minimum absolute atomic E-state index is 0.00394. The lowest BCUT2D eigenvalue weighted by atomic mass is 9.96. The standard InChI is InChI=1S/C13H18N2O3/c1-13(14,8-3-4-8)12(17)15-10-7-9(18-2)5-6-11(10)16/h5-8,16H,3-4,14H2,1-2H3,(H,15,17).